The lowest BCUT2D eigenvalue weighted by atomic mass is 10.2. The summed E-state index contributed by atoms with van der Waals surface area (Å²) in [4.78, 5) is 29.7. The quantitative estimate of drug-likeness (QED) is 0.275. The Balaban J connectivity index is 1.31. The summed E-state index contributed by atoms with van der Waals surface area (Å²) in [6.45, 7) is 6.38. The molecule has 1 amide bonds. The largest absolute Gasteiger partial charge is 0.485 e. The third kappa shape index (κ3) is 4.29. The molecule has 0 bridgehead atoms. The Morgan fingerprint density at radius 2 is 2.06 bits per heavy atom. The average molecular weight is 479 g/mol. The number of carbonyl (C=O) groups excluding carboxylic acids is 1. The molecule has 1 aliphatic heterocycles. The van der Waals surface area contributed by atoms with Gasteiger partial charge < -0.3 is 24.8 Å². The van der Waals surface area contributed by atoms with E-state index in [1.165, 1.54) is 11.8 Å². The van der Waals surface area contributed by atoms with Gasteiger partial charge in [-0.1, -0.05) is 30.0 Å². The monoisotopic (exact) mass is 478 g/mol. The first-order valence-corrected chi connectivity index (χ1v) is 11.5. The number of aromatic nitrogens is 5. The van der Waals surface area contributed by atoms with Gasteiger partial charge in [-0.15, -0.1) is 16.8 Å². The Bertz CT molecular complexity index is 1420. The zero-order chi connectivity index (χ0) is 23.7. The number of fused-ring (bicyclic) bond motifs is 2. The van der Waals surface area contributed by atoms with Gasteiger partial charge in [0, 0.05) is 12.2 Å². The van der Waals surface area contributed by atoms with Crippen molar-refractivity contribution >= 4 is 34.4 Å². The minimum atomic E-state index is -0.467. The number of hydrogen-bond donors (Lipinski definition) is 3. The van der Waals surface area contributed by atoms with Crippen molar-refractivity contribution in [3.63, 3.8) is 0 Å². The molecule has 0 fully saturated rings. The number of thioether (sulfide) groups is 1. The standard InChI is InChI=1S/C23H22N6O4S/c1-3-10-29-20(19-12-32-17-6-4-5-7-18(17)33-19)27-28-23(29)34-13(2)21(30)24-14-8-9-15-16(11-14)26-22(31)25-15/h3-9,11,13,19H,1,10,12H2,2H3,(H,24,30)(H2,25,26,31)/t13-,19+/m1/s1. The van der Waals surface area contributed by atoms with Gasteiger partial charge in [0.1, 0.15) is 6.61 Å². The molecular weight excluding hydrogens is 456 g/mol. The number of rotatable bonds is 7. The molecular formula is C23H22N6O4S. The van der Waals surface area contributed by atoms with Crippen molar-refractivity contribution in [1.82, 2.24) is 24.7 Å². The fraction of sp³-hybridized carbons (Fsp3) is 0.217. The van der Waals surface area contributed by atoms with E-state index in [1.54, 1.807) is 31.2 Å². The number of nitrogens with zero attached hydrogens (tertiary/aromatic N) is 3. The molecule has 0 saturated carbocycles. The predicted octanol–water partition coefficient (Wildman–Crippen LogP) is 3.27. The molecule has 3 N–H and O–H groups in total. The maximum absolute atomic E-state index is 12.8. The highest BCUT2D eigenvalue weighted by molar-refractivity contribution is 8.00. The Morgan fingerprint density at radius 1 is 1.26 bits per heavy atom. The summed E-state index contributed by atoms with van der Waals surface area (Å²) in [6.07, 6.45) is 1.31. The van der Waals surface area contributed by atoms with E-state index < -0.39 is 11.4 Å². The van der Waals surface area contributed by atoms with Crippen molar-refractivity contribution in [1.29, 1.82) is 0 Å². The van der Waals surface area contributed by atoms with Crippen LogP contribution < -0.4 is 20.5 Å². The lowest BCUT2D eigenvalue weighted by molar-refractivity contribution is -0.115. The van der Waals surface area contributed by atoms with E-state index in [4.69, 9.17) is 9.47 Å². The van der Waals surface area contributed by atoms with Gasteiger partial charge in [0.2, 0.25) is 5.91 Å². The smallest absolute Gasteiger partial charge is 0.323 e. The van der Waals surface area contributed by atoms with Crippen LogP contribution in [-0.2, 0) is 11.3 Å². The summed E-state index contributed by atoms with van der Waals surface area (Å²) in [6, 6.07) is 12.6. The fourth-order valence-electron chi connectivity index (χ4n) is 3.64. The first-order valence-electron chi connectivity index (χ1n) is 10.6. The number of H-pyrrole nitrogens is 2. The van der Waals surface area contributed by atoms with Gasteiger partial charge in [-0.05, 0) is 37.3 Å². The third-order valence-electron chi connectivity index (χ3n) is 5.29. The topological polar surface area (TPSA) is 127 Å². The van der Waals surface area contributed by atoms with Crippen molar-refractivity contribution < 1.29 is 14.3 Å². The van der Waals surface area contributed by atoms with E-state index in [2.05, 4.69) is 32.1 Å². The molecule has 2 aromatic carbocycles. The van der Waals surface area contributed by atoms with Gasteiger partial charge in [-0.2, -0.15) is 0 Å². The number of carbonyl (C=O) groups is 1. The molecule has 174 valence electrons. The van der Waals surface area contributed by atoms with Gasteiger partial charge in [-0.25, -0.2) is 4.79 Å². The summed E-state index contributed by atoms with van der Waals surface area (Å²) in [5.74, 6) is 1.74. The molecule has 0 spiro atoms. The molecule has 2 aromatic heterocycles. The zero-order valence-corrected chi connectivity index (χ0v) is 19.1. The number of nitrogens with one attached hydrogen (secondary N) is 3. The number of ether oxygens (including phenoxy) is 2. The summed E-state index contributed by atoms with van der Waals surface area (Å²) in [5, 5.41) is 11.6. The molecule has 5 rings (SSSR count). The number of imidazole rings is 1. The molecule has 0 radical (unpaired) electrons. The van der Waals surface area contributed by atoms with E-state index in [1.807, 2.05) is 28.8 Å². The van der Waals surface area contributed by atoms with Gasteiger partial charge >= 0.3 is 5.69 Å². The van der Waals surface area contributed by atoms with Crippen LogP contribution in [0.25, 0.3) is 11.0 Å². The van der Waals surface area contributed by atoms with Crippen LogP contribution in [0.4, 0.5) is 5.69 Å². The highest BCUT2D eigenvalue weighted by Crippen LogP contribution is 2.36. The van der Waals surface area contributed by atoms with Gasteiger partial charge in [0.05, 0.1) is 16.3 Å². The zero-order valence-electron chi connectivity index (χ0n) is 18.3. The Kier molecular flexibility index (Phi) is 5.84. The van der Waals surface area contributed by atoms with E-state index in [0.717, 1.165) is 0 Å². The van der Waals surface area contributed by atoms with Crippen LogP contribution in [0, 0.1) is 0 Å². The van der Waals surface area contributed by atoms with Crippen LogP contribution in [0.5, 0.6) is 11.5 Å². The number of allylic oxidation sites excluding steroid dienone is 1. The second kappa shape index (κ2) is 9.10. The second-order valence-electron chi connectivity index (χ2n) is 7.69. The van der Waals surface area contributed by atoms with Crippen LogP contribution in [-0.4, -0.2) is 42.5 Å². The van der Waals surface area contributed by atoms with Crippen LogP contribution in [0.3, 0.4) is 0 Å². The number of benzene rings is 2. The van der Waals surface area contributed by atoms with Crippen LogP contribution >= 0.6 is 11.8 Å². The number of hydrogen-bond acceptors (Lipinski definition) is 7. The van der Waals surface area contributed by atoms with Crippen LogP contribution in [0.1, 0.15) is 18.9 Å². The molecule has 0 unspecified atom stereocenters. The third-order valence-corrected chi connectivity index (χ3v) is 6.37. The maximum Gasteiger partial charge on any atom is 0.323 e. The lowest BCUT2D eigenvalue weighted by Crippen LogP contribution is -2.25. The summed E-state index contributed by atoms with van der Waals surface area (Å²) in [5.41, 5.74) is 1.58. The van der Waals surface area contributed by atoms with Crippen molar-refractivity contribution in [3.05, 3.63) is 71.4 Å². The molecule has 2 atom stereocenters. The normalized spacial score (nSPS) is 15.7. The van der Waals surface area contributed by atoms with Crippen molar-refractivity contribution in [2.75, 3.05) is 11.9 Å². The molecule has 0 aliphatic carbocycles. The Morgan fingerprint density at radius 3 is 2.88 bits per heavy atom. The Hall–Kier alpha value is -3.99. The number of aromatic amines is 2. The van der Waals surface area contributed by atoms with Gasteiger partial charge in [0.15, 0.2) is 28.6 Å². The van der Waals surface area contributed by atoms with Gasteiger partial charge in [-0.3, -0.25) is 9.36 Å². The molecule has 0 saturated heterocycles. The molecule has 1 aliphatic rings. The SMILES string of the molecule is C=CCn1c(S[C@H](C)C(=O)Nc2ccc3[nH]c(=O)[nH]c3c2)nnc1[C@@H]1COc2ccccc2O1. The molecule has 34 heavy (non-hydrogen) atoms. The van der Waals surface area contributed by atoms with E-state index in [9.17, 15) is 9.59 Å². The number of anilines is 1. The average Bonchev–Trinajstić information content (AvgIpc) is 3.40. The van der Waals surface area contributed by atoms with Crippen molar-refractivity contribution in [3.8, 4) is 11.5 Å². The highest BCUT2D eigenvalue weighted by Gasteiger charge is 2.29. The molecule has 4 aromatic rings. The van der Waals surface area contributed by atoms with Crippen molar-refractivity contribution in [2.45, 2.75) is 30.0 Å². The summed E-state index contributed by atoms with van der Waals surface area (Å²) < 4.78 is 13.8. The fourth-order valence-corrected chi connectivity index (χ4v) is 4.50. The maximum atomic E-state index is 12.8. The first kappa shape index (κ1) is 21.8. The Labute approximate surface area is 198 Å². The van der Waals surface area contributed by atoms with E-state index in [-0.39, 0.29) is 11.6 Å². The van der Waals surface area contributed by atoms with E-state index in [0.29, 0.717) is 52.4 Å². The molecule has 10 nitrogen and oxygen atoms in total. The number of para-hydroxylation sites is 2. The minimum Gasteiger partial charge on any atom is -0.485 e. The number of amides is 1. The lowest BCUT2D eigenvalue weighted by Gasteiger charge is -2.26. The van der Waals surface area contributed by atoms with E-state index >= 15 is 0 Å². The predicted molar refractivity (Wildman–Crippen MR) is 128 cm³/mol. The highest BCUT2D eigenvalue weighted by atomic mass is 32.2. The summed E-state index contributed by atoms with van der Waals surface area (Å²) >= 11 is 1.28. The minimum absolute atomic E-state index is 0.205. The first-order chi connectivity index (χ1) is 16.5. The van der Waals surface area contributed by atoms with Crippen LogP contribution in [0.15, 0.2) is 65.1 Å². The molecule has 3 heterocycles. The van der Waals surface area contributed by atoms with Gasteiger partial charge in [0.25, 0.3) is 0 Å². The van der Waals surface area contributed by atoms with Crippen LogP contribution in [0.2, 0.25) is 0 Å². The summed E-state index contributed by atoms with van der Waals surface area (Å²) in [7, 11) is 0. The second-order valence-corrected chi connectivity index (χ2v) is 9.00. The molecule has 11 heteroatoms. The van der Waals surface area contributed by atoms with Crippen molar-refractivity contribution in [2.24, 2.45) is 0 Å².